The highest BCUT2D eigenvalue weighted by atomic mass is 16.4. The number of Topliss-reactive ketones (excluding diaryl/α,β-unsaturated/α-hetero) is 1. The molecular weight excluding hydrogens is 248 g/mol. The van der Waals surface area contributed by atoms with E-state index in [4.69, 9.17) is 5.11 Å². The summed E-state index contributed by atoms with van der Waals surface area (Å²) in [6.07, 6.45) is 0. The van der Waals surface area contributed by atoms with E-state index in [1.165, 1.54) is 12.1 Å². The van der Waals surface area contributed by atoms with Crippen LogP contribution in [0.2, 0.25) is 0 Å². The molecule has 1 heterocycles. The van der Waals surface area contributed by atoms with E-state index in [0.717, 1.165) is 6.54 Å². The van der Waals surface area contributed by atoms with Crippen LogP contribution in [-0.4, -0.2) is 54.3 Å². The topological polar surface area (TPSA) is 77.9 Å². The first kappa shape index (κ1) is 13.2. The molecule has 2 rings (SSSR count). The van der Waals surface area contributed by atoms with Crippen LogP contribution in [-0.2, 0) is 9.59 Å². The fourth-order valence-corrected chi connectivity index (χ4v) is 2.00. The van der Waals surface area contributed by atoms with Gasteiger partial charge in [-0.1, -0.05) is 12.1 Å². The fourth-order valence-electron chi connectivity index (χ4n) is 2.00. The summed E-state index contributed by atoms with van der Waals surface area (Å²) in [6.45, 7) is 1.58. The Labute approximate surface area is 110 Å². The van der Waals surface area contributed by atoms with Crippen molar-refractivity contribution >= 4 is 23.3 Å². The van der Waals surface area contributed by atoms with Gasteiger partial charge in [0.05, 0.1) is 6.54 Å². The van der Waals surface area contributed by atoms with Crippen molar-refractivity contribution in [3.63, 3.8) is 0 Å². The molecule has 0 aromatic heterocycles. The second-order valence-corrected chi connectivity index (χ2v) is 4.47. The van der Waals surface area contributed by atoms with E-state index in [0.29, 0.717) is 18.8 Å². The van der Waals surface area contributed by atoms with Gasteiger partial charge >= 0.3 is 5.97 Å². The molecule has 1 aromatic carbocycles. The van der Waals surface area contributed by atoms with E-state index in [2.05, 4.69) is 0 Å². The molecule has 100 valence electrons. The lowest BCUT2D eigenvalue weighted by atomic mass is 10.1. The first-order chi connectivity index (χ1) is 8.99. The molecule has 1 amide bonds. The molecule has 0 aliphatic carbocycles. The maximum atomic E-state index is 11.9. The lowest BCUT2D eigenvalue weighted by Crippen LogP contribution is -2.48. The number of carbonyl (C=O) groups excluding carboxylic acids is 2. The maximum absolute atomic E-state index is 11.9. The minimum Gasteiger partial charge on any atom is -0.475 e. The Balaban J connectivity index is 2.26. The van der Waals surface area contributed by atoms with Crippen LogP contribution in [0.1, 0.15) is 10.4 Å². The molecule has 6 heteroatoms. The minimum atomic E-state index is -1.50. The van der Waals surface area contributed by atoms with Crippen LogP contribution in [0.25, 0.3) is 0 Å². The predicted octanol–water partition coefficient (Wildman–Crippen LogP) is 0.232. The van der Waals surface area contributed by atoms with Gasteiger partial charge in [0.2, 0.25) is 5.91 Å². The number of hydrogen-bond donors (Lipinski definition) is 1. The van der Waals surface area contributed by atoms with Crippen molar-refractivity contribution in [1.82, 2.24) is 4.90 Å². The molecule has 0 bridgehead atoms. The van der Waals surface area contributed by atoms with Crippen molar-refractivity contribution in [3.05, 3.63) is 29.8 Å². The smallest absolute Gasteiger partial charge is 0.377 e. The summed E-state index contributed by atoms with van der Waals surface area (Å²) in [7, 11) is 1.86. The number of ketones is 1. The van der Waals surface area contributed by atoms with Crippen LogP contribution in [0, 0.1) is 0 Å². The number of nitrogens with zero attached hydrogens (tertiary/aromatic N) is 2. The van der Waals surface area contributed by atoms with Gasteiger partial charge in [0.1, 0.15) is 0 Å². The number of amides is 1. The molecule has 19 heavy (non-hydrogen) atoms. The van der Waals surface area contributed by atoms with Gasteiger partial charge in [-0.05, 0) is 19.2 Å². The number of carboxylic acids is 1. The zero-order valence-corrected chi connectivity index (χ0v) is 10.5. The normalized spacial score (nSPS) is 16.5. The number of anilines is 1. The molecular formula is C13H14N2O4. The number of rotatable bonds is 3. The molecule has 1 aromatic rings. The maximum Gasteiger partial charge on any atom is 0.377 e. The second kappa shape index (κ2) is 5.19. The Morgan fingerprint density at radius 3 is 2.63 bits per heavy atom. The van der Waals surface area contributed by atoms with Gasteiger partial charge in [0.15, 0.2) is 0 Å². The third-order valence-electron chi connectivity index (χ3n) is 3.03. The zero-order valence-electron chi connectivity index (χ0n) is 10.5. The fraction of sp³-hybridized carbons (Fsp3) is 0.308. The largest absolute Gasteiger partial charge is 0.475 e. The summed E-state index contributed by atoms with van der Waals surface area (Å²) in [5.41, 5.74) is 0.641. The number of carbonyl (C=O) groups is 3. The molecule has 0 spiro atoms. The Bertz CT molecular complexity index is 541. The summed E-state index contributed by atoms with van der Waals surface area (Å²) >= 11 is 0. The Morgan fingerprint density at radius 1 is 1.26 bits per heavy atom. The molecule has 1 N–H and O–H groups in total. The van der Waals surface area contributed by atoms with Crippen molar-refractivity contribution in [3.8, 4) is 0 Å². The molecule has 0 atom stereocenters. The van der Waals surface area contributed by atoms with Crippen LogP contribution in [0.4, 0.5) is 5.69 Å². The minimum absolute atomic E-state index is 0.0614. The molecule has 1 saturated heterocycles. The SMILES string of the molecule is CN1CCN(c2cccc(C(=O)C(=O)O)c2)C(=O)C1. The van der Waals surface area contributed by atoms with Crippen LogP contribution >= 0.6 is 0 Å². The summed E-state index contributed by atoms with van der Waals surface area (Å²) in [6, 6.07) is 6.15. The van der Waals surface area contributed by atoms with Crippen LogP contribution in [0.5, 0.6) is 0 Å². The van der Waals surface area contributed by atoms with E-state index >= 15 is 0 Å². The standard InChI is InChI=1S/C13H14N2O4/c1-14-5-6-15(11(16)8-14)10-4-2-3-9(7-10)12(17)13(18)19/h2-4,7H,5-6,8H2,1H3,(H,18,19). The van der Waals surface area contributed by atoms with E-state index in [1.807, 2.05) is 11.9 Å². The average molecular weight is 262 g/mol. The Hall–Kier alpha value is -2.21. The molecule has 0 unspecified atom stereocenters. The second-order valence-electron chi connectivity index (χ2n) is 4.47. The number of hydrogen-bond acceptors (Lipinski definition) is 4. The quantitative estimate of drug-likeness (QED) is 0.623. The van der Waals surface area contributed by atoms with Crippen LogP contribution < -0.4 is 4.90 Å². The third kappa shape index (κ3) is 2.79. The number of piperazine rings is 1. The van der Waals surface area contributed by atoms with Gasteiger partial charge in [0, 0.05) is 24.3 Å². The van der Waals surface area contributed by atoms with Crippen LogP contribution in [0.3, 0.4) is 0 Å². The van der Waals surface area contributed by atoms with Crippen molar-refractivity contribution in [2.24, 2.45) is 0 Å². The number of carboxylic acid groups (broad SMARTS) is 1. The number of benzene rings is 1. The highest BCUT2D eigenvalue weighted by molar-refractivity contribution is 6.40. The predicted molar refractivity (Wildman–Crippen MR) is 68.3 cm³/mol. The first-order valence-corrected chi connectivity index (χ1v) is 5.85. The van der Waals surface area contributed by atoms with Gasteiger partial charge in [-0.3, -0.25) is 14.5 Å². The molecule has 1 aliphatic rings. The molecule has 1 aliphatic heterocycles. The number of aliphatic carboxylic acids is 1. The lowest BCUT2D eigenvalue weighted by molar-refractivity contribution is -0.131. The molecule has 1 fully saturated rings. The first-order valence-electron chi connectivity index (χ1n) is 5.85. The van der Waals surface area contributed by atoms with Crippen LogP contribution in [0.15, 0.2) is 24.3 Å². The molecule has 0 radical (unpaired) electrons. The summed E-state index contributed by atoms with van der Waals surface area (Å²) in [4.78, 5) is 37.4. The monoisotopic (exact) mass is 262 g/mol. The van der Waals surface area contributed by atoms with E-state index in [1.54, 1.807) is 17.0 Å². The molecule has 6 nitrogen and oxygen atoms in total. The number of likely N-dealkylation sites (N-methyl/N-ethyl adjacent to an activating group) is 1. The van der Waals surface area contributed by atoms with Gasteiger partial charge in [-0.2, -0.15) is 0 Å². The van der Waals surface area contributed by atoms with E-state index in [9.17, 15) is 14.4 Å². The van der Waals surface area contributed by atoms with E-state index < -0.39 is 11.8 Å². The highest BCUT2D eigenvalue weighted by Crippen LogP contribution is 2.19. The van der Waals surface area contributed by atoms with E-state index in [-0.39, 0.29) is 11.5 Å². The highest BCUT2D eigenvalue weighted by Gasteiger charge is 2.24. The van der Waals surface area contributed by atoms with Gasteiger partial charge in [0.25, 0.3) is 5.78 Å². The zero-order chi connectivity index (χ0) is 14.0. The van der Waals surface area contributed by atoms with Crippen molar-refractivity contribution in [2.45, 2.75) is 0 Å². The summed E-state index contributed by atoms with van der Waals surface area (Å²) in [5.74, 6) is -2.53. The van der Waals surface area contributed by atoms with Crippen molar-refractivity contribution in [1.29, 1.82) is 0 Å². The van der Waals surface area contributed by atoms with Gasteiger partial charge in [-0.25, -0.2) is 4.79 Å². The molecule has 0 saturated carbocycles. The van der Waals surface area contributed by atoms with Gasteiger partial charge in [-0.15, -0.1) is 0 Å². The third-order valence-corrected chi connectivity index (χ3v) is 3.03. The average Bonchev–Trinajstić information content (AvgIpc) is 2.38. The van der Waals surface area contributed by atoms with Gasteiger partial charge < -0.3 is 10.0 Å². The lowest BCUT2D eigenvalue weighted by Gasteiger charge is -2.32. The van der Waals surface area contributed by atoms with Crippen molar-refractivity contribution in [2.75, 3.05) is 31.6 Å². The summed E-state index contributed by atoms with van der Waals surface area (Å²) in [5, 5.41) is 8.69. The Morgan fingerprint density at radius 2 is 2.00 bits per heavy atom. The Kier molecular flexibility index (Phi) is 3.62. The van der Waals surface area contributed by atoms with Crippen molar-refractivity contribution < 1.29 is 19.5 Å². The summed E-state index contributed by atoms with van der Waals surface area (Å²) < 4.78 is 0.